The molecule has 0 amide bonds. The van der Waals surface area contributed by atoms with Crippen LogP contribution in [0.5, 0.6) is 0 Å². The van der Waals surface area contributed by atoms with Crippen molar-refractivity contribution >= 4 is 0 Å². The molecule has 3 heteroatoms. The molecule has 0 aromatic carbocycles. The minimum atomic E-state index is 0.892. The predicted molar refractivity (Wildman–Crippen MR) is 63.5 cm³/mol. The Balaban J connectivity index is 3.40. The van der Waals surface area contributed by atoms with Crippen LogP contribution in [0.3, 0.4) is 0 Å². The number of rotatable bonds is 8. The second-order valence-corrected chi connectivity index (χ2v) is 4.00. The first-order valence-electron chi connectivity index (χ1n) is 5.45. The Bertz CT molecular complexity index is 114. The first-order valence-corrected chi connectivity index (χ1v) is 5.45. The van der Waals surface area contributed by atoms with Gasteiger partial charge >= 0.3 is 0 Å². The summed E-state index contributed by atoms with van der Waals surface area (Å²) in [6.07, 6.45) is 0. The van der Waals surface area contributed by atoms with Gasteiger partial charge in [-0.15, -0.1) is 0 Å². The molecule has 0 fully saturated rings. The van der Waals surface area contributed by atoms with Crippen LogP contribution in [-0.4, -0.2) is 75.1 Å². The van der Waals surface area contributed by atoms with Crippen molar-refractivity contribution in [3.05, 3.63) is 6.92 Å². The highest BCUT2D eigenvalue weighted by Crippen LogP contribution is 1.88. The summed E-state index contributed by atoms with van der Waals surface area (Å²) in [6.45, 7) is 12.6. The molecule has 0 saturated carbocycles. The van der Waals surface area contributed by atoms with Gasteiger partial charge in [0, 0.05) is 26.2 Å². The summed E-state index contributed by atoms with van der Waals surface area (Å²) in [6, 6.07) is 0. The van der Waals surface area contributed by atoms with E-state index < -0.39 is 0 Å². The van der Waals surface area contributed by atoms with Gasteiger partial charge in [0.1, 0.15) is 0 Å². The molecule has 1 radical (unpaired) electrons. The van der Waals surface area contributed by atoms with Gasteiger partial charge in [-0.1, -0.05) is 6.92 Å². The fourth-order valence-electron chi connectivity index (χ4n) is 1.06. The molecule has 0 N–H and O–H groups in total. The van der Waals surface area contributed by atoms with E-state index in [1.54, 1.807) is 0 Å². The zero-order chi connectivity index (χ0) is 11.0. The fourth-order valence-corrected chi connectivity index (χ4v) is 1.06. The Morgan fingerprint density at radius 3 is 1.64 bits per heavy atom. The van der Waals surface area contributed by atoms with Crippen molar-refractivity contribution in [1.29, 1.82) is 0 Å². The topological polar surface area (TPSA) is 9.72 Å². The monoisotopic (exact) mass is 200 g/mol. The van der Waals surface area contributed by atoms with Gasteiger partial charge in [0.05, 0.1) is 0 Å². The molecular weight excluding hydrogens is 174 g/mol. The molecule has 0 saturated heterocycles. The molecule has 0 aromatic heterocycles. The molecule has 3 nitrogen and oxygen atoms in total. The molecule has 14 heavy (non-hydrogen) atoms. The number of hydrogen-bond acceptors (Lipinski definition) is 3. The Morgan fingerprint density at radius 1 is 0.786 bits per heavy atom. The van der Waals surface area contributed by atoms with Crippen LogP contribution in [0.2, 0.25) is 0 Å². The highest BCUT2D eigenvalue weighted by molar-refractivity contribution is 4.59. The highest BCUT2D eigenvalue weighted by Gasteiger charge is 2.01. The average Bonchev–Trinajstić information content (AvgIpc) is 2.22. The molecule has 0 rings (SSSR count). The summed E-state index contributed by atoms with van der Waals surface area (Å²) in [7, 11) is 6.45. The number of hydrogen-bond donors (Lipinski definition) is 0. The molecule has 0 bridgehead atoms. The van der Waals surface area contributed by atoms with Crippen LogP contribution in [0.4, 0.5) is 0 Å². The average molecular weight is 200 g/mol. The van der Waals surface area contributed by atoms with Gasteiger partial charge in [-0.25, -0.2) is 0 Å². The fraction of sp³-hybridized carbons (Fsp3) is 0.909. The molecule has 0 aromatic rings. The van der Waals surface area contributed by atoms with Crippen LogP contribution in [0, 0.1) is 6.92 Å². The summed E-state index contributed by atoms with van der Waals surface area (Å²) in [5, 5.41) is 0. The van der Waals surface area contributed by atoms with Gasteiger partial charge in [0.15, 0.2) is 0 Å². The van der Waals surface area contributed by atoms with E-state index in [1.807, 2.05) is 0 Å². The minimum absolute atomic E-state index is 0.892. The van der Waals surface area contributed by atoms with Crippen LogP contribution in [0.25, 0.3) is 0 Å². The lowest BCUT2D eigenvalue weighted by Gasteiger charge is -2.23. The quantitative estimate of drug-likeness (QED) is 0.569. The Hall–Kier alpha value is -0.120. The molecular formula is C11H26N3. The van der Waals surface area contributed by atoms with Crippen molar-refractivity contribution in [3.8, 4) is 0 Å². The predicted octanol–water partition coefficient (Wildman–Crippen LogP) is 0.636. The van der Waals surface area contributed by atoms with E-state index in [-0.39, 0.29) is 0 Å². The Labute approximate surface area is 89.7 Å². The lowest BCUT2D eigenvalue weighted by atomic mass is 10.4. The van der Waals surface area contributed by atoms with Crippen LogP contribution in [0.1, 0.15) is 6.92 Å². The van der Waals surface area contributed by atoms with Gasteiger partial charge in [0.2, 0.25) is 0 Å². The van der Waals surface area contributed by atoms with E-state index in [1.165, 1.54) is 0 Å². The molecule has 0 heterocycles. The second-order valence-electron chi connectivity index (χ2n) is 4.00. The van der Waals surface area contributed by atoms with Crippen LogP contribution in [0.15, 0.2) is 0 Å². The van der Waals surface area contributed by atoms with Gasteiger partial charge < -0.3 is 14.7 Å². The Kier molecular flexibility index (Phi) is 8.14. The lowest BCUT2D eigenvalue weighted by molar-refractivity contribution is 0.236. The summed E-state index contributed by atoms with van der Waals surface area (Å²) < 4.78 is 0. The largest absolute Gasteiger partial charge is 0.305 e. The van der Waals surface area contributed by atoms with Crippen molar-refractivity contribution in [2.24, 2.45) is 0 Å². The van der Waals surface area contributed by atoms with E-state index in [9.17, 15) is 0 Å². The molecule has 0 unspecified atom stereocenters. The maximum Gasteiger partial charge on any atom is 0.0107 e. The van der Waals surface area contributed by atoms with Gasteiger partial charge in [-0.05, 0) is 41.2 Å². The van der Waals surface area contributed by atoms with Crippen LogP contribution < -0.4 is 0 Å². The molecule has 0 aliphatic heterocycles. The summed E-state index contributed by atoms with van der Waals surface area (Å²) in [5.74, 6) is 0. The smallest absolute Gasteiger partial charge is 0.0107 e. The maximum absolute atomic E-state index is 3.85. The molecule has 85 valence electrons. The minimum Gasteiger partial charge on any atom is -0.305 e. The second kappa shape index (κ2) is 8.21. The Morgan fingerprint density at radius 2 is 1.21 bits per heavy atom. The third-order valence-electron chi connectivity index (χ3n) is 2.65. The molecule has 0 aliphatic rings. The van der Waals surface area contributed by atoms with E-state index in [0.29, 0.717) is 0 Å². The number of nitrogens with zero attached hydrogens (tertiary/aromatic N) is 3. The van der Waals surface area contributed by atoms with Crippen LogP contribution >= 0.6 is 0 Å². The SMILES string of the molecule is [CH2]CN(C)CCN(C)CCN(C)CC. The third-order valence-corrected chi connectivity index (χ3v) is 2.65. The summed E-state index contributed by atoms with van der Waals surface area (Å²) in [4.78, 5) is 6.94. The molecule has 0 atom stereocenters. The zero-order valence-corrected chi connectivity index (χ0v) is 10.3. The van der Waals surface area contributed by atoms with E-state index in [0.717, 1.165) is 39.3 Å². The maximum atomic E-state index is 3.85. The van der Waals surface area contributed by atoms with Crippen LogP contribution in [-0.2, 0) is 0 Å². The number of likely N-dealkylation sites (N-methyl/N-ethyl adjacent to an activating group) is 3. The first kappa shape index (κ1) is 13.9. The van der Waals surface area contributed by atoms with Crippen molar-refractivity contribution in [2.45, 2.75) is 6.92 Å². The third kappa shape index (κ3) is 7.30. The van der Waals surface area contributed by atoms with Gasteiger partial charge in [-0.2, -0.15) is 0 Å². The van der Waals surface area contributed by atoms with E-state index >= 15 is 0 Å². The van der Waals surface area contributed by atoms with Crippen molar-refractivity contribution in [2.75, 3.05) is 60.4 Å². The first-order chi connectivity index (χ1) is 6.60. The highest BCUT2D eigenvalue weighted by atomic mass is 15.2. The standard InChI is InChI=1S/C11H26N3/c1-6-12(3)8-10-14(5)11-9-13(4)7-2/h1,6-11H2,2-5H3. The summed E-state index contributed by atoms with van der Waals surface area (Å²) >= 11 is 0. The van der Waals surface area contributed by atoms with E-state index in [4.69, 9.17) is 0 Å². The molecule has 0 spiro atoms. The van der Waals surface area contributed by atoms with Crippen molar-refractivity contribution in [3.63, 3.8) is 0 Å². The van der Waals surface area contributed by atoms with Gasteiger partial charge in [-0.3, -0.25) is 0 Å². The van der Waals surface area contributed by atoms with Crippen molar-refractivity contribution < 1.29 is 0 Å². The van der Waals surface area contributed by atoms with E-state index in [2.05, 4.69) is 49.7 Å². The molecule has 0 aliphatic carbocycles. The zero-order valence-electron chi connectivity index (χ0n) is 10.3. The normalized spacial score (nSPS) is 12.0. The van der Waals surface area contributed by atoms with Gasteiger partial charge in [0.25, 0.3) is 0 Å². The summed E-state index contributed by atoms with van der Waals surface area (Å²) in [5.41, 5.74) is 0. The van der Waals surface area contributed by atoms with Crippen molar-refractivity contribution in [1.82, 2.24) is 14.7 Å². The lowest BCUT2D eigenvalue weighted by Crippen LogP contribution is -2.35.